The summed E-state index contributed by atoms with van der Waals surface area (Å²) in [5.41, 5.74) is 7.00. The van der Waals surface area contributed by atoms with Crippen LogP contribution in [0.15, 0.2) is 0 Å². The minimum absolute atomic E-state index is 0.0923. The van der Waals surface area contributed by atoms with Crippen molar-refractivity contribution in [2.45, 2.75) is 46.0 Å². The van der Waals surface area contributed by atoms with Crippen molar-refractivity contribution in [3.8, 4) is 0 Å². The van der Waals surface area contributed by atoms with Crippen LogP contribution in [-0.4, -0.2) is 36.8 Å². The third kappa shape index (κ3) is 3.64. The molecule has 1 aromatic rings. The van der Waals surface area contributed by atoms with E-state index in [1.165, 1.54) is 0 Å². The third-order valence-corrected chi connectivity index (χ3v) is 4.15. The Morgan fingerprint density at radius 1 is 1.24 bits per heavy atom. The summed E-state index contributed by atoms with van der Waals surface area (Å²) >= 11 is 0. The molecule has 0 spiro atoms. The van der Waals surface area contributed by atoms with Crippen molar-refractivity contribution in [2.75, 3.05) is 37.4 Å². The first kappa shape index (κ1) is 16.0. The summed E-state index contributed by atoms with van der Waals surface area (Å²) in [4.78, 5) is 11.6. The van der Waals surface area contributed by atoms with Gasteiger partial charge < -0.3 is 15.4 Å². The SMILES string of the molecule is COCC1CCN(c2nc(C(C)(C)C)nc(N)c2C)CC1. The van der Waals surface area contributed by atoms with Crippen LogP contribution in [0, 0.1) is 12.8 Å². The van der Waals surface area contributed by atoms with E-state index >= 15 is 0 Å². The molecule has 0 radical (unpaired) electrons. The van der Waals surface area contributed by atoms with Crippen molar-refractivity contribution >= 4 is 11.6 Å². The Balaban J connectivity index is 2.22. The second-order valence-corrected chi connectivity index (χ2v) is 7.02. The van der Waals surface area contributed by atoms with E-state index in [9.17, 15) is 0 Å². The van der Waals surface area contributed by atoms with Crippen molar-refractivity contribution in [1.29, 1.82) is 0 Å². The minimum Gasteiger partial charge on any atom is -0.384 e. The first-order valence-electron chi connectivity index (χ1n) is 7.71. The van der Waals surface area contributed by atoms with E-state index in [1.54, 1.807) is 7.11 Å². The molecule has 0 unspecified atom stereocenters. The lowest BCUT2D eigenvalue weighted by Gasteiger charge is -2.34. The van der Waals surface area contributed by atoms with Crippen molar-refractivity contribution < 1.29 is 4.74 Å². The van der Waals surface area contributed by atoms with E-state index in [0.29, 0.717) is 11.7 Å². The molecule has 0 bridgehead atoms. The number of methoxy groups -OCH3 is 1. The van der Waals surface area contributed by atoms with Crippen LogP contribution in [0.25, 0.3) is 0 Å². The molecule has 0 atom stereocenters. The first-order valence-corrected chi connectivity index (χ1v) is 7.71. The minimum atomic E-state index is -0.0923. The number of aromatic nitrogens is 2. The smallest absolute Gasteiger partial charge is 0.138 e. The molecule has 118 valence electrons. The Hall–Kier alpha value is -1.36. The molecule has 5 heteroatoms. The van der Waals surface area contributed by atoms with Crippen LogP contribution in [0.4, 0.5) is 11.6 Å². The number of ether oxygens (including phenoxy) is 1. The summed E-state index contributed by atoms with van der Waals surface area (Å²) in [5, 5.41) is 0. The van der Waals surface area contributed by atoms with Gasteiger partial charge >= 0.3 is 0 Å². The van der Waals surface area contributed by atoms with Crippen molar-refractivity contribution in [3.05, 3.63) is 11.4 Å². The lowest BCUT2D eigenvalue weighted by molar-refractivity contribution is 0.139. The van der Waals surface area contributed by atoms with E-state index in [-0.39, 0.29) is 5.41 Å². The van der Waals surface area contributed by atoms with Gasteiger partial charge in [-0.2, -0.15) is 0 Å². The number of hydrogen-bond donors (Lipinski definition) is 1. The maximum absolute atomic E-state index is 6.10. The zero-order valence-corrected chi connectivity index (χ0v) is 13.9. The normalized spacial score (nSPS) is 17.3. The van der Waals surface area contributed by atoms with E-state index in [2.05, 4.69) is 30.7 Å². The highest BCUT2D eigenvalue weighted by molar-refractivity contribution is 5.57. The summed E-state index contributed by atoms with van der Waals surface area (Å²) in [6.45, 7) is 11.2. The van der Waals surface area contributed by atoms with Crippen LogP contribution in [0.5, 0.6) is 0 Å². The van der Waals surface area contributed by atoms with Crippen LogP contribution in [-0.2, 0) is 10.2 Å². The number of nitrogens with two attached hydrogens (primary N) is 1. The molecule has 0 aliphatic carbocycles. The number of hydrogen-bond acceptors (Lipinski definition) is 5. The van der Waals surface area contributed by atoms with Gasteiger partial charge in [0.25, 0.3) is 0 Å². The lowest BCUT2D eigenvalue weighted by atomic mass is 9.95. The zero-order valence-electron chi connectivity index (χ0n) is 13.9. The average molecular weight is 292 g/mol. The molecule has 1 saturated heterocycles. The highest BCUT2D eigenvalue weighted by atomic mass is 16.5. The molecule has 21 heavy (non-hydrogen) atoms. The molecule has 2 heterocycles. The molecular formula is C16H28N4O. The standard InChI is InChI=1S/C16H28N4O/c1-11-13(17)18-15(16(2,3)4)19-14(11)20-8-6-12(7-9-20)10-21-5/h12H,6-10H2,1-5H3,(H2,17,18,19). The topological polar surface area (TPSA) is 64.3 Å². The van der Waals surface area contributed by atoms with E-state index < -0.39 is 0 Å². The number of anilines is 2. The number of nitrogen functional groups attached to an aromatic ring is 1. The fraction of sp³-hybridized carbons (Fsp3) is 0.750. The van der Waals surface area contributed by atoms with Crippen LogP contribution < -0.4 is 10.6 Å². The fourth-order valence-corrected chi connectivity index (χ4v) is 2.71. The number of rotatable bonds is 3. The van der Waals surface area contributed by atoms with E-state index in [4.69, 9.17) is 15.5 Å². The monoisotopic (exact) mass is 292 g/mol. The van der Waals surface area contributed by atoms with Crippen LogP contribution in [0.3, 0.4) is 0 Å². The molecule has 0 amide bonds. The Morgan fingerprint density at radius 3 is 2.38 bits per heavy atom. The molecule has 1 fully saturated rings. The van der Waals surface area contributed by atoms with Crippen molar-refractivity contribution in [1.82, 2.24) is 9.97 Å². The molecule has 0 aromatic carbocycles. The zero-order chi connectivity index (χ0) is 15.6. The summed E-state index contributed by atoms with van der Waals surface area (Å²) in [6, 6.07) is 0. The quantitative estimate of drug-likeness (QED) is 0.927. The highest BCUT2D eigenvalue weighted by Gasteiger charge is 2.25. The number of nitrogens with zero attached hydrogens (tertiary/aromatic N) is 3. The van der Waals surface area contributed by atoms with Gasteiger partial charge in [0.2, 0.25) is 0 Å². The Bertz CT molecular complexity index is 488. The largest absolute Gasteiger partial charge is 0.384 e. The maximum Gasteiger partial charge on any atom is 0.138 e. The Labute approximate surface area is 127 Å². The van der Waals surface area contributed by atoms with Crippen molar-refractivity contribution in [2.24, 2.45) is 5.92 Å². The van der Waals surface area contributed by atoms with Crippen LogP contribution in [0.2, 0.25) is 0 Å². The van der Waals surface area contributed by atoms with Crippen LogP contribution in [0.1, 0.15) is 45.0 Å². The lowest BCUT2D eigenvalue weighted by Crippen LogP contribution is -2.36. The second-order valence-electron chi connectivity index (χ2n) is 7.02. The van der Waals surface area contributed by atoms with Gasteiger partial charge in [0.05, 0.1) is 0 Å². The molecule has 2 rings (SSSR count). The van der Waals surface area contributed by atoms with Crippen molar-refractivity contribution in [3.63, 3.8) is 0 Å². The van der Waals surface area contributed by atoms with Gasteiger partial charge in [-0.25, -0.2) is 9.97 Å². The molecule has 1 aromatic heterocycles. The number of piperidine rings is 1. The van der Waals surface area contributed by atoms with Gasteiger partial charge in [0, 0.05) is 37.8 Å². The predicted molar refractivity (Wildman–Crippen MR) is 86.7 cm³/mol. The van der Waals surface area contributed by atoms with Gasteiger partial charge in [-0.1, -0.05) is 20.8 Å². The fourth-order valence-electron chi connectivity index (χ4n) is 2.71. The first-order chi connectivity index (χ1) is 9.82. The average Bonchev–Trinajstić information content (AvgIpc) is 2.42. The third-order valence-electron chi connectivity index (χ3n) is 4.15. The Kier molecular flexibility index (Phi) is 4.71. The summed E-state index contributed by atoms with van der Waals surface area (Å²) in [7, 11) is 1.78. The highest BCUT2D eigenvalue weighted by Crippen LogP contribution is 2.29. The van der Waals surface area contributed by atoms with Gasteiger partial charge in [0.1, 0.15) is 17.5 Å². The summed E-state index contributed by atoms with van der Waals surface area (Å²) < 4.78 is 5.26. The predicted octanol–water partition coefficient (Wildman–Crippen LogP) is 2.53. The van der Waals surface area contributed by atoms with Gasteiger partial charge in [-0.05, 0) is 25.7 Å². The molecule has 1 aliphatic rings. The molecular weight excluding hydrogens is 264 g/mol. The second kappa shape index (κ2) is 6.18. The van der Waals surface area contributed by atoms with Gasteiger partial charge in [0.15, 0.2) is 0 Å². The molecule has 1 aliphatic heterocycles. The molecule has 2 N–H and O–H groups in total. The summed E-state index contributed by atoms with van der Waals surface area (Å²) in [6.07, 6.45) is 2.28. The van der Waals surface area contributed by atoms with Gasteiger partial charge in [-0.3, -0.25) is 0 Å². The van der Waals surface area contributed by atoms with E-state index in [1.807, 2.05) is 6.92 Å². The Morgan fingerprint density at radius 2 is 1.86 bits per heavy atom. The summed E-state index contributed by atoms with van der Waals surface area (Å²) in [5.74, 6) is 3.08. The van der Waals surface area contributed by atoms with Gasteiger partial charge in [-0.15, -0.1) is 0 Å². The van der Waals surface area contributed by atoms with Crippen LogP contribution >= 0.6 is 0 Å². The molecule has 5 nitrogen and oxygen atoms in total. The maximum atomic E-state index is 6.10. The van der Waals surface area contributed by atoms with E-state index in [0.717, 1.165) is 49.7 Å². The molecule has 0 saturated carbocycles.